The van der Waals surface area contributed by atoms with Gasteiger partial charge in [0.05, 0.1) is 23.0 Å². The molecule has 1 aliphatic heterocycles. The lowest BCUT2D eigenvalue weighted by Crippen LogP contribution is -2.32. The summed E-state index contributed by atoms with van der Waals surface area (Å²) in [6.45, 7) is 0. The van der Waals surface area contributed by atoms with Crippen molar-refractivity contribution in [3.63, 3.8) is 0 Å². The highest BCUT2D eigenvalue weighted by molar-refractivity contribution is 6.21. The third-order valence-corrected chi connectivity index (χ3v) is 3.72. The van der Waals surface area contributed by atoms with Crippen LogP contribution >= 0.6 is 0 Å². The maximum absolute atomic E-state index is 13.6. The number of carbonyl (C=O) groups is 3. The zero-order valence-corrected chi connectivity index (χ0v) is 12.0. The maximum Gasteiger partial charge on any atom is 0.364 e. The number of hydrogen-bond donors (Lipinski definition) is 0. The van der Waals surface area contributed by atoms with Crippen LogP contribution in [0.2, 0.25) is 0 Å². The fraction of sp³-hybridized carbons (Fsp3) is 0. The van der Waals surface area contributed by atoms with E-state index in [1.165, 1.54) is 30.5 Å². The molecule has 0 atom stereocenters. The Morgan fingerprint density at radius 2 is 1.67 bits per heavy atom. The largest absolute Gasteiger partial charge is 0.461 e. The predicted octanol–water partition coefficient (Wildman–Crippen LogP) is 2.94. The zero-order valence-electron chi connectivity index (χ0n) is 12.0. The SMILES string of the molecule is O=C(ON1C(=O)c2ccccc2C1=O)c1ccc(F)c2occc12. The van der Waals surface area contributed by atoms with Gasteiger partial charge in [0, 0.05) is 5.39 Å². The molecule has 2 aromatic carbocycles. The minimum atomic E-state index is -0.962. The second-order valence-corrected chi connectivity index (χ2v) is 5.09. The van der Waals surface area contributed by atoms with E-state index in [-0.39, 0.29) is 27.7 Å². The molecule has 0 aliphatic carbocycles. The molecule has 118 valence electrons. The number of rotatable bonds is 2. The summed E-state index contributed by atoms with van der Waals surface area (Å²) in [5.74, 6) is -3.05. The summed E-state index contributed by atoms with van der Waals surface area (Å²) >= 11 is 0. The van der Waals surface area contributed by atoms with E-state index in [4.69, 9.17) is 9.25 Å². The molecule has 2 heterocycles. The van der Waals surface area contributed by atoms with E-state index in [2.05, 4.69) is 0 Å². The second-order valence-electron chi connectivity index (χ2n) is 5.09. The van der Waals surface area contributed by atoms with Crippen LogP contribution in [0.15, 0.2) is 53.1 Å². The van der Waals surface area contributed by atoms with Gasteiger partial charge in [0.2, 0.25) is 0 Å². The predicted molar refractivity (Wildman–Crippen MR) is 78.5 cm³/mol. The Balaban J connectivity index is 1.68. The lowest BCUT2D eigenvalue weighted by molar-refractivity contribution is -0.0583. The van der Waals surface area contributed by atoms with Gasteiger partial charge in [-0.15, -0.1) is 0 Å². The Morgan fingerprint density at radius 1 is 1.00 bits per heavy atom. The van der Waals surface area contributed by atoms with Crippen LogP contribution in [0.1, 0.15) is 31.1 Å². The topological polar surface area (TPSA) is 76.8 Å². The molecular weight excluding hydrogens is 317 g/mol. The molecule has 0 radical (unpaired) electrons. The lowest BCUT2D eigenvalue weighted by Gasteiger charge is -2.13. The molecule has 0 unspecified atom stereocenters. The van der Waals surface area contributed by atoms with E-state index in [0.29, 0.717) is 5.06 Å². The zero-order chi connectivity index (χ0) is 16.8. The second kappa shape index (κ2) is 5.02. The third kappa shape index (κ3) is 1.91. The quantitative estimate of drug-likeness (QED) is 0.677. The normalized spacial score (nSPS) is 13.5. The summed E-state index contributed by atoms with van der Waals surface area (Å²) < 4.78 is 18.6. The van der Waals surface area contributed by atoms with Crippen molar-refractivity contribution in [1.82, 2.24) is 5.06 Å². The number of fused-ring (bicyclic) bond motifs is 2. The van der Waals surface area contributed by atoms with Gasteiger partial charge in [-0.1, -0.05) is 17.2 Å². The first kappa shape index (κ1) is 14.1. The molecule has 24 heavy (non-hydrogen) atoms. The van der Waals surface area contributed by atoms with Crippen molar-refractivity contribution in [1.29, 1.82) is 0 Å². The molecular formula is C17H8FNO5. The van der Waals surface area contributed by atoms with Crippen LogP contribution < -0.4 is 0 Å². The molecule has 0 N–H and O–H groups in total. The summed E-state index contributed by atoms with van der Waals surface area (Å²) in [4.78, 5) is 41.7. The molecule has 6 nitrogen and oxygen atoms in total. The van der Waals surface area contributed by atoms with E-state index in [1.54, 1.807) is 12.1 Å². The van der Waals surface area contributed by atoms with Crippen molar-refractivity contribution < 1.29 is 28.0 Å². The van der Waals surface area contributed by atoms with Crippen LogP contribution in [-0.2, 0) is 4.84 Å². The fourth-order valence-corrected chi connectivity index (χ4v) is 2.59. The highest BCUT2D eigenvalue weighted by Crippen LogP contribution is 2.26. The van der Waals surface area contributed by atoms with Crippen molar-refractivity contribution in [3.8, 4) is 0 Å². The first-order chi connectivity index (χ1) is 11.6. The number of halogens is 1. The molecule has 0 saturated carbocycles. The highest BCUT2D eigenvalue weighted by Gasteiger charge is 2.39. The first-order valence-corrected chi connectivity index (χ1v) is 6.94. The average Bonchev–Trinajstić information content (AvgIpc) is 3.16. The number of carbonyl (C=O) groups excluding carboxylic acids is 3. The lowest BCUT2D eigenvalue weighted by atomic mass is 10.1. The summed E-state index contributed by atoms with van der Waals surface area (Å²) in [5.41, 5.74) is 0.189. The number of furan rings is 1. The molecule has 2 amide bonds. The van der Waals surface area contributed by atoms with Gasteiger partial charge < -0.3 is 9.25 Å². The highest BCUT2D eigenvalue weighted by atomic mass is 19.1. The smallest absolute Gasteiger partial charge is 0.364 e. The monoisotopic (exact) mass is 325 g/mol. The first-order valence-electron chi connectivity index (χ1n) is 6.94. The number of imide groups is 1. The number of hydroxylamine groups is 2. The van der Waals surface area contributed by atoms with Crippen LogP contribution in [-0.4, -0.2) is 22.8 Å². The summed E-state index contributed by atoms with van der Waals surface area (Å²) in [5, 5.41) is 0.596. The summed E-state index contributed by atoms with van der Waals surface area (Å²) in [7, 11) is 0. The average molecular weight is 325 g/mol. The molecule has 4 rings (SSSR count). The molecule has 1 aliphatic rings. The van der Waals surface area contributed by atoms with Crippen LogP contribution in [0.3, 0.4) is 0 Å². The standard InChI is InChI=1S/C17H8FNO5/c18-13-6-5-12(9-7-8-23-14(9)13)17(22)24-19-15(20)10-3-1-2-4-11(10)16(19)21/h1-8H. The van der Waals surface area contributed by atoms with Crippen LogP contribution in [0.25, 0.3) is 11.0 Å². The van der Waals surface area contributed by atoms with E-state index >= 15 is 0 Å². The van der Waals surface area contributed by atoms with Gasteiger partial charge in [-0.3, -0.25) is 9.59 Å². The number of amides is 2. The van der Waals surface area contributed by atoms with E-state index in [9.17, 15) is 18.8 Å². The number of benzene rings is 2. The molecule has 0 spiro atoms. The van der Waals surface area contributed by atoms with Gasteiger partial charge in [-0.25, -0.2) is 9.18 Å². The molecule has 3 aromatic rings. The van der Waals surface area contributed by atoms with E-state index in [1.807, 2.05) is 0 Å². The Kier molecular flexibility index (Phi) is 2.96. The fourth-order valence-electron chi connectivity index (χ4n) is 2.59. The van der Waals surface area contributed by atoms with Crippen LogP contribution in [0.4, 0.5) is 4.39 Å². The minimum absolute atomic E-state index is 0.0169. The summed E-state index contributed by atoms with van der Waals surface area (Å²) in [6.07, 6.45) is 1.23. The Bertz CT molecular complexity index is 988. The Hall–Kier alpha value is -3.48. The van der Waals surface area contributed by atoms with Gasteiger partial charge in [0.25, 0.3) is 11.8 Å². The van der Waals surface area contributed by atoms with Gasteiger partial charge in [-0.05, 0) is 30.3 Å². The molecule has 1 aromatic heterocycles. The molecule has 0 fully saturated rings. The third-order valence-electron chi connectivity index (χ3n) is 3.72. The van der Waals surface area contributed by atoms with Crippen molar-refractivity contribution in [2.24, 2.45) is 0 Å². The van der Waals surface area contributed by atoms with Crippen LogP contribution in [0, 0.1) is 5.82 Å². The summed E-state index contributed by atoms with van der Waals surface area (Å²) in [6, 6.07) is 9.79. The van der Waals surface area contributed by atoms with Gasteiger partial charge in [0.15, 0.2) is 11.4 Å². The van der Waals surface area contributed by atoms with Gasteiger partial charge in [0.1, 0.15) is 0 Å². The number of hydrogen-bond acceptors (Lipinski definition) is 5. The number of nitrogens with zero attached hydrogens (tertiary/aromatic N) is 1. The Labute approximate surface area is 134 Å². The van der Waals surface area contributed by atoms with Crippen molar-refractivity contribution >= 4 is 28.8 Å². The molecule has 0 saturated heterocycles. The maximum atomic E-state index is 13.6. The minimum Gasteiger partial charge on any atom is -0.461 e. The van der Waals surface area contributed by atoms with E-state index in [0.717, 1.165) is 6.07 Å². The van der Waals surface area contributed by atoms with Crippen molar-refractivity contribution in [3.05, 3.63) is 71.2 Å². The van der Waals surface area contributed by atoms with Gasteiger partial charge in [-0.2, -0.15) is 0 Å². The molecule has 7 heteroatoms. The van der Waals surface area contributed by atoms with E-state index < -0.39 is 23.6 Å². The van der Waals surface area contributed by atoms with Crippen LogP contribution in [0.5, 0.6) is 0 Å². The van der Waals surface area contributed by atoms with Crippen molar-refractivity contribution in [2.75, 3.05) is 0 Å². The Morgan fingerprint density at radius 3 is 2.33 bits per heavy atom. The molecule has 0 bridgehead atoms. The van der Waals surface area contributed by atoms with Gasteiger partial charge >= 0.3 is 5.97 Å². The van der Waals surface area contributed by atoms with Crippen molar-refractivity contribution in [2.45, 2.75) is 0 Å².